The van der Waals surface area contributed by atoms with E-state index in [1.807, 2.05) is 12.1 Å². The maximum Gasteiger partial charge on any atom is 0.139 e. The Kier molecular flexibility index (Phi) is 4.77. The average molecular weight is 229 g/mol. The zero-order valence-corrected chi connectivity index (χ0v) is 8.94. The second-order valence-electron chi connectivity index (χ2n) is 2.97. The van der Waals surface area contributed by atoms with Crippen LogP contribution in [0, 0.1) is 0 Å². The van der Waals surface area contributed by atoms with Gasteiger partial charge in [-0.1, -0.05) is 28.9 Å². The number of hydrogen-bond donors (Lipinski definition) is 2. The maximum absolute atomic E-state index is 8.30. The molecule has 0 aliphatic rings. The number of oxime groups is 1. The van der Waals surface area contributed by atoms with E-state index < -0.39 is 0 Å². The Labute approximate surface area is 93.3 Å². The summed E-state index contributed by atoms with van der Waals surface area (Å²) < 4.78 is 5.41. The Bertz CT molecular complexity index is 342. The minimum atomic E-state index is 0.206. The topological polar surface area (TPSA) is 67.8 Å². The largest absolute Gasteiger partial charge is 0.492 e. The molecule has 15 heavy (non-hydrogen) atoms. The summed E-state index contributed by atoms with van der Waals surface area (Å²) in [5.74, 6) is 0.858. The number of benzene rings is 1. The van der Waals surface area contributed by atoms with E-state index in [4.69, 9.17) is 27.3 Å². The molecule has 4 nitrogen and oxygen atoms in total. The van der Waals surface area contributed by atoms with Crippen molar-refractivity contribution in [3.8, 4) is 5.75 Å². The molecule has 0 radical (unpaired) electrons. The molecule has 0 saturated heterocycles. The van der Waals surface area contributed by atoms with Crippen LogP contribution in [0.25, 0.3) is 0 Å². The van der Waals surface area contributed by atoms with Crippen LogP contribution in [0.3, 0.4) is 0 Å². The summed E-state index contributed by atoms with van der Waals surface area (Å²) in [6, 6.07) is 7.25. The molecule has 1 rings (SSSR count). The van der Waals surface area contributed by atoms with E-state index in [2.05, 4.69) is 5.16 Å². The van der Waals surface area contributed by atoms with Crippen molar-refractivity contribution in [2.24, 2.45) is 10.9 Å². The van der Waals surface area contributed by atoms with Crippen LogP contribution in [-0.2, 0) is 0 Å². The summed E-state index contributed by atoms with van der Waals surface area (Å²) in [5, 5.41) is 11.7. The van der Waals surface area contributed by atoms with Crippen molar-refractivity contribution in [3.05, 3.63) is 29.3 Å². The molecule has 0 atom stereocenters. The lowest BCUT2D eigenvalue weighted by Gasteiger charge is -2.06. The summed E-state index contributed by atoms with van der Waals surface area (Å²) in [4.78, 5) is 0. The highest BCUT2D eigenvalue weighted by molar-refractivity contribution is 6.32. The molecule has 0 aliphatic carbocycles. The second-order valence-corrected chi connectivity index (χ2v) is 3.38. The lowest BCUT2D eigenvalue weighted by Crippen LogP contribution is -2.12. The molecule has 0 heterocycles. The summed E-state index contributed by atoms with van der Waals surface area (Å²) in [6.07, 6.45) is 1.18. The number of nitrogens with zero attached hydrogens (tertiary/aromatic N) is 1. The molecule has 0 bridgehead atoms. The summed E-state index contributed by atoms with van der Waals surface area (Å²) in [6.45, 7) is 0.486. The molecular weight excluding hydrogens is 216 g/mol. The van der Waals surface area contributed by atoms with Crippen molar-refractivity contribution in [1.29, 1.82) is 0 Å². The first-order valence-electron chi connectivity index (χ1n) is 4.57. The maximum atomic E-state index is 8.30. The fourth-order valence-corrected chi connectivity index (χ4v) is 1.24. The molecule has 0 unspecified atom stereocenters. The van der Waals surface area contributed by atoms with Gasteiger partial charge < -0.3 is 15.7 Å². The van der Waals surface area contributed by atoms with E-state index in [0.717, 1.165) is 0 Å². The van der Waals surface area contributed by atoms with Gasteiger partial charge in [0.2, 0.25) is 0 Å². The number of amidine groups is 1. The Morgan fingerprint density at radius 2 is 2.20 bits per heavy atom. The highest BCUT2D eigenvalue weighted by Gasteiger charge is 1.99. The Balaban J connectivity index is 2.29. The normalized spacial score (nSPS) is 11.4. The van der Waals surface area contributed by atoms with Crippen LogP contribution in [-0.4, -0.2) is 17.6 Å². The van der Waals surface area contributed by atoms with Crippen LogP contribution in [0.4, 0.5) is 0 Å². The Morgan fingerprint density at radius 3 is 2.87 bits per heavy atom. The molecule has 0 amide bonds. The van der Waals surface area contributed by atoms with Gasteiger partial charge in [0.05, 0.1) is 11.6 Å². The van der Waals surface area contributed by atoms with Gasteiger partial charge in [-0.05, 0) is 18.6 Å². The molecule has 5 heteroatoms. The third kappa shape index (κ3) is 4.08. The molecule has 82 valence electrons. The van der Waals surface area contributed by atoms with Crippen molar-refractivity contribution in [2.45, 2.75) is 12.8 Å². The highest BCUT2D eigenvalue weighted by Crippen LogP contribution is 2.23. The molecule has 0 spiro atoms. The molecule has 0 fully saturated rings. The zero-order chi connectivity index (χ0) is 11.1. The van der Waals surface area contributed by atoms with E-state index in [9.17, 15) is 0 Å². The number of para-hydroxylation sites is 1. The van der Waals surface area contributed by atoms with Crippen LogP contribution in [0.1, 0.15) is 12.8 Å². The Hall–Kier alpha value is -1.42. The molecule has 3 N–H and O–H groups in total. The number of hydrogen-bond acceptors (Lipinski definition) is 3. The third-order valence-corrected chi connectivity index (χ3v) is 2.11. The van der Waals surface area contributed by atoms with Crippen molar-refractivity contribution < 1.29 is 9.94 Å². The first kappa shape index (κ1) is 11.7. The van der Waals surface area contributed by atoms with Gasteiger partial charge in [0.15, 0.2) is 0 Å². The molecule has 0 aliphatic heterocycles. The third-order valence-electron chi connectivity index (χ3n) is 1.80. The summed E-state index contributed by atoms with van der Waals surface area (Å²) in [7, 11) is 0. The van der Waals surface area contributed by atoms with E-state index >= 15 is 0 Å². The summed E-state index contributed by atoms with van der Waals surface area (Å²) in [5.41, 5.74) is 5.30. The molecule has 0 aromatic heterocycles. The molecular formula is C10H13ClN2O2. The van der Waals surface area contributed by atoms with E-state index in [1.165, 1.54) is 0 Å². The van der Waals surface area contributed by atoms with Gasteiger partial charge in [-0.15, -0.1) is 0 Å². The number of rotatable bonds is 5. The lowest BCUT2D eigenvalue weighted by molar-refractivity contribution is 0.305. The SMILES string of the molecule is N/C(CCCOc1ccccc1Cl)=N\O. The quantitative estimate of drug-likeness (QED) is 0.267. The van der Waals surface area contributed by atoms with E-state index in [-0.39, 0.29) is 5.84 Å². The van der Waals surface area contributed by atoms with Crippen LogP contribution in [0.2, 0.25) is 5.02 Å². The standard InChI is InChI=1S/C10H13ClN2O2/c11-8-4-1-2-5-9(8)15-7-3-6-10(12)13-14/h1-2,4-5,14H,3,6-7H2,(H2,12,13). The summed E-state index contributed by atoms with van der Waals surface area (Å²) >= 11 is 5.88. The monoisotopic (exact) mass is 228 g/mol. The first-order valence-corrected chi connectivity index (χ1v) is 4.95. The predicted molar refractivity (Wildman–Crippen MR) is 59.6 cm³/mol. The van der Waals surface area contributed by atoms with Gasteiger partial charge in [0.25, 0.3) is 0 Å². The van der Waals surface area contributed by atoms with Crippen LogP contribution in [0.15, 0.2) is 29.4 Å². The van der Waals surface area contributed by atoms with Crippen LogP contribution < -0.4 is 10.5 Å². The number of nitrogens with two attached hydrogens (primary N) is 1. The van der Waals surface area contributed by atoms with E-state index in [1.54, 1.807) is 12.1 Å². The number of halogens is 1. The van der Waals surface area contributed by atoms with Crippen molar-refractivity contribution in [3.63, 3.8) is 0 Å². The number of ether oxygens (including phenoxy) is 1. The Morgan fingerprint density at radius 1 is 1.47 bits per heavy atom. The van der Waals surface area contributed by atoms with Crippen LogP contribution >= 0.6 is 11.6 Å². The zero-order valence-electron chi connectivity index (χ0n) is 8.19. The van der Waals surface area contributed by atoms with Crippen molar-refractivity contribution in [1.82, 2.24) is 0 Å². The van der Waals surface area contributed by atoms with Crippen molar-refractivity contribution in [2.75, 3.05) is 6.61 Å². The highest BCUT2D eigenvalue weighted by atomic mass is 35.5. The smallest absolute Gasteiger partial charge is 0.139 e. The first-order chi connectivity index (χ1) is 7.24. The predicted octanol–water partition coefficient (Wildman–Crippen LogP) is 2.25. The molecule has 1 aromatic rings. The van der Waals surface area contributed by atoms with E-state index in [0.29, 0.717) is 30.2 Å². The van der Waals surface area contributed by atoms with Gasteiger partial charge in [-0.25, -0.2) is 0 Å². The van der Waals surface area contributed by atoms with Crippen molar-refractivity contribution >= 4 is 17.4 Å². The van der Waals surface area contributed by atoms with Gasteiger partial charge in [-0.3, -0.25) is 0 Å². The minimum absolute atomic E-state index is 0.206. The fourth-order valence-electron chi connectivity index (χ4n) is 1.05. The lowest BCUT2D eigenvalue weighted by atomic mass is 10.3. The van der Waals surface area contributed by atoms with Gasteiger partial charge >= 0.3 is 0 Å². The average Bonchev–Trinajstić information content (AvgIpc) is 2.26. The van der Waals surface area contributed by atoms with Gasteiger partial charge in [0, 0.05) is 6.42 Å². The second kappa shape index (κ2) is 6.14. The van der Waals surface area contributed by atoms with Crippen LogP contribution in [0.5, 0.6) is 5.75 Å². The molecule has 1 aromatic carbocycles. The minimum Gasteiger partial charge on any atom is -0.492 e. The van der Waals surface area contributed by atoms with Gasteiger partial charge in [0.1, 0.15) is 11.6 Å². The molecule has 0 saturated carbocycles. The van der Waals surface area contributed by atoms with Gasteiger partial charge in [-0.2, -0.15) is 0 Å². The fraction of sp³-hybridized carbons (Fsp3) is 0.300.